The van der Waals surface area contributed by atoms with E-state index in [1.165, 1.54) is 212 Å². The van der Waals surface area contributed by atoms with Gasteiger partial charge in [-0.3, -0.25) is 9.59 Å². The molecule has 0 saturated heterocycles. The highest BCUT2D eigenvalue weighted by molar-refractivity contribution is 5.76. The minimum atomic E-state index is -0.863. The molecule has 0 rings (SSSR count). The fourth-order valence-electron chi connectivity index (χ4n) is 8.45. The number of aliphatic hydroxyl groups excluding tert-OH is 2. The molecule has 0 aliphatic rings. The summed E-state index contributed by atoms with van der Waals surface area (Å²) in [7, 11) is 0. The molecule has 3 N–H and O–H groups in total. The number of unbranched alkanes of at least 4 members (excludes halogenated alkanes) is 38. The molecule has 0 aliphatic carbocycles. The summed E-state index contributed by atoms with van der Waals surface area (Å²) in [6.45, 7) is 4.83. The maximum atomic E-state index is 12.5. The highest BCUT2D eigenvalue weighted by Gasteiger charge is 2.18. The van der Waals surface area contributed by atoms with E-state index in [4.69, 9.17) is 4.74 Å². The fourth-order valence-corrected chi connectivity index (χ4v) is 8.45. The Hall–Kier alpha value is -1.66. The van der Waals surface area contributed by atoms with Crippen LogP contribution in [0.3, 0.4) is 0 Å². The van der Waals surface area contributed by atoms with Crippen molar-refractivity contribution in [3.63, 3.8) is 0 Å². The lowest BCUT2D eigenvalue weighted by Gasteiger charge is -2.20. The van der Waals surface area contributed by atoms with E-state index in [9.17, 15) is 19.8 Å². The highest BCUT2D eigenvalue weighted by Crippen LogP contribution is 2.17. The predicted octanol–water partition coefficient (Wildman–Crippen LogP) is 16.7. The molecule has 0 aromatic rings. The molecule has 366 valence electrons. The second-order valence-electron chi connectivity index (χ2n) is 18.9. The van der Waals surface area contributed by atoms with Crippen LogP contribution >= 0.6 is 0 Å². The Morgan fingerprint density at radius 3 is 1.16 bits per heavy atom. The van der Waals surface area contributed by atoms with Crippen molar-refractivity contribution < 1.29 is 24.5 Å². The number of nitrogens with one attached hydrogen (secondary N) is 1. The van der Waals surface area contributed by atoms with E-state index in [-0.39, 0.29) is 18.5 Å². The molecule has 0 fully saturated rings. The first-order valence-electron chi connectivity index (χ1n) is 27.6. The van der Waals surface area contributed by atoms with Gasteiger partial charge in [0, 0.05) is 12.8 Å². The Morgan fingerprint density at radius 2 is 0.758 bits per heavy atom. The molecule has 0 aromatic carbocycles. The van der Waals surface area contributed by atoms with E-state index < -0.39 is 12.1 Å². The minimum Gasteiger partial charge on any atom is -0.466 e. The molecular formula is C56H107NO5. The molecule has 2 atom stereocenters. The predicted molar refractivity (Wildman–Crippen MR) is 269 cm³/mol. The molecule has 1 amide bonds. The van der Waals surface area contributed by atoms with Gasteiger partial charge >= 0.3 is 5.97 Å². The number of carbonyl (C=O) groups is 2. The molecular weight excluding hydrogens is 767 g/mol. The Morgan fingerprint density at radius 1 is 0.435 bits per heavy atom. The lowest BCUT2D eigenvalue weighted by molar-refractivity contribution is -0.143. The van der Waals surface area contributed by atoms with Crippen molar-refractivity contribution in [3.05, 3.63) is 24.3 Å². The SMILES string of the molecule is CCCCCC/C=C\CCCCCCCC(=O)OCCCCCCCCCCCC(=O)NC(CO)C(O)/C=C/CCCCCCCCCCCCCCCCCCCCCCC. The van der Waals surface area contributed by atoms with Crippen molar-refractivity contribution in [1.82, 2.24) is 5.32 Å². The van der Waals surface area contributed by atoms with Gasteiger partial charge in [-0.1, -0.05) is 250 Å². The fraction of sp³-hybridized carbons (Fsp3) is 0.893. The van der Waals surface area contributed by atoms with Crippen LogP contribution in [0.2, 0.25) is 0 Å². The maximum absolute atomic E-state index is 12.5. The smallest absolute Gasteiger partial charge is 0.305 e. The van der Waals surface area contributed by atoms with E-state index in [2.05, 4.69) is 31.3 Å². The number of amides is 1. The number of ether oxygens (including phenoxy) is 1. The van der Waals surface area contributed by atoms with Crippen LogP contribution in [0.15, 0.2) is 24.3 Å². The zero-order valence-corrected chi connectivity index (χ0v) is 41.6. The van der Waals surface area contributed by atoms with Crippen LogP contribution in [0.4, 0.5) is 0 Å². The van der Waals surface area contributed by atoms with Crippen LogP contribution in [0.25, 0.3) is 0 Å². The lowest BCUT2D eigenvalue weighted by Crippen LogP contribution is -2.45. The van der Waals surface area contributed by atoms with E-state index in [1.807, 2.05) is 6.08 Å². The summed E-state index contributed by atoms with van der Waals surface area (Å²) >= 11 is 0. The Bertz CT molecular complexity index is 966. The van der Waals surface area contributed by atoms with Gasteiger partial charge in [0.15, 0.2) is 0 Å². The standard InChI is InChI=1S/C56H107NO5/c1-3-5-7-9-11-13-15-17-18-19-20-21-22-23-24-25-26-28-29-32-36-40-44-48-54(59)53(52-58)57-55(60)49-45-41-37-33-31-35-39-43-47-51-62-56(61)50-46-42-38-34-30-27-16-14-12-10-8-6-4-2/h14,16,44,48,53-54,58-59H,3-13,15,17-43,45-47,49-52H2,1-2H3,(H,57,60)/b16-14-,48-44+. The van der Waals surface area contributed by atoms with Crippen molar-refractivity contribution in [2.45, 2.75) is 309 Å². The molecule has 6 heteroatoms. The van der Waals surface area contributed by atoms with Crippen molar-refractivity contribution >= 4 is 11.9 Å². The zero-order valence-electron chi connectivity index (χ0n) is 41.6. The molecule has 0 heterocycles. The van der Waals surface area contributed by atoms with Crippen molar-refractivity contribution in [2.24, 2.45) is 0 Å². The molecule has 0 spiro atoms. The number of carbonyl (C=O) groups excluding carboxylic acids is 2. The van der Waals surface area contributed by atoms with Gasteiger partial charge < -0.3 is 20.3 Å². The van der Waals surface area contributed by atoms with Gasteiger partial charge in [0.1, 0.15) is 0 Å². The number of rotatable bonds is 51. The first-order chi connectivity index (χ1) is 30.5. The van der Waals surface area contributed by atoms with Gasteiger partial charge in [0.2, 0.25) is 5.91 Å². The Labute approximate surface area is 386 Å². The van der Waals surface area contributed by atoms with Crippen LogP contribution in [-0.2, 0) is 14.3 Å². The Kier molecular flexibility index (Phi) is 50.6. The van der Waals surface area contributed by atoms with Gasteiger partial charge in [-0.2, -0.15) is 0 Å². The van der Waals surface area contributed by atoms with Crippen molar-refractivity contribution in [3.8, 4) is 0 Å². The van der Waals surface area contributed by atoms with Gasteiger partial charge in [0.25, 0.3) is 0 Å². The van der Waals surface area contributed by atoms with E-state index in [1.54, 1.807) is 6.08 Å². The second kappa shape index (κ2) is 52.0. The molecule has 0 aliphatic heterocycles. The maximum Gasteiger partial charge on any atom is 0.305 e. The van der Waals surface area contributed by atoms with Crippen LogP contribution in [-0.4, -0.2) is 47.4 Å². The number of allylic oxidation sites excluding steroid dienone is 3. The number of hydrogen-bond donors (Lipinski definition) is 3. The van der Waals surface area contributed by atoms with Gasteiger partial charge in [-0.05, 0) is 57.8 Å². The quantitative estimate of drug-likeness (QED) is 0.0321. The number of esters is 1. The third-order valence-corrected chi connectivity index (χ3v) is 12.7. The summed E-state index contributed by atoms with van der Waals surface area (Å²) in [4.78, 5) is 24.5. The second-order valence-corrected chi connectivity index (χ2v) is 18.9. The monoisotopic (exact) mass is 874 g/mol. The average Bonchev–Trinajstić information content (AvgIpc) is 3.27. The summed E-state index contributed by atoms with van der Waals surface area (Å²) in [6.07, 6.45) is 61.9. The van der Waals surface area contributed by atoms with E-state index in [0.717, 1.165) is 57.8 Å². The summed E-state index contributed by atoms with van der Waals surface area (Å²) in [5, 5.41) is 23.1. The largest absolute Gasteiger partial charge is 0.466 e. The summed E-state index contributed by atoms with van der Waals surface area (Å²) < 4.78 is 5.44. The van der Waals surface area contributed by atoms with Gasteiger partial charge in [-0.25, -0.2) is 0 Å². The van der Waals surface area contributed by atoms with Crippen molar-refractivity contribution in [2.75, 3.05) is 13.2 Å². The molecule has 2 unspecified atom stereocenters. The van der Waals surface area contributed by atoms with E-state index >= 15 is 0 Å². The minimum absolute atomic E-state index is 0.0360. The summed E-state index contributed by atoms with van der Waals surface area (Å²) in [5.41, 5.74) is 0. The average molecular weight is 874 g/mol. The summed E-state index contributed by atoms with van der Waals surface area (Å²) in [6, 6.07) is -0.649. The summed E-state index contributed by atoms with van der Waals surface area (Å²) in [5.74, 6) is -0.130. The molecule has 0 saturated carbocycles. The number of aliphatic hydroxyl groups is 2. The molecule has 62 heavy (non-hydrogen) atoms. The normalized spacial score (nSPS) is 12.8. The molecule has 6 nitrogen and oxygen atoms in total. The van der Waals surface area contributed by atoms with Gasteiger partial charge in [0.05, 0.1) is 25.4 Å². The van der Waals surface area contributed by atoms with Crippen LogP contribution < -0.4 is 5.32 Å². The third kappa shape index (κ3) is 47.8. The highest BCUT2D eigenvalue weighted by atomic mass is 16.5. The topological polar surface area (TPSA) is 95.9 Å². The molecule has 0 bridgehead atoms. The zero-order chi connectivity index (χ0) is 45.1. The number of hydrogen-bond acceptors (Lipinski definition) is 5. The molecule has 0 aromatic heterocycles. The first kappa shape index (κ1) is 60.3. The van der Waals surface area contributed by atoms with Crippen molar-refractivity contribution in [1.29, 1.82) is 0 Å². The van der Waals surface area contributed by atoms with Crippen LogP contribution in [0, 0.1) is 0 Å². The lowest BCUT2D eigenvalue weighted by atomic mass is 10.0. The molecule has 0 radical (unpaired) electrons. The first-order valence-corrected chi connectivity index (χ1v) is 27.6. The van der Waals surface area contributed by atoms with Crippen LogP contribution in [0.5, 0.6) is 0 Å². The third-order valence-electron chi connectivity index (χ3n) is 12.7. The van der Waals surface area contributed by atoms with Gasteiger partial charge in [-0.15, -0.1) is 0 Å². The van der Waals surface area contributed by atoms with Crippen LogP contribution in [0.1, 0.15) is 296 Å². The van der Waals surface area contributed by atoms with E-state index in [0.29, 0.717) is 19.4 Å². The Balaban J connectivity index is 3.52.